The van der Waals surface area contributed by atoms with E-state index in [4.69, 9.17) is 9.84 Å². The Morgan fingerprint density at radius 3 is 2.71 bits per heavy atom. The highest BCUT2D eigenvalue weighted by Gasteiger charge is 2.38. The molecule has 2 atom stereocenters. The number of rotatable bonds is 3. The Hall–Kier alpha value is -1.10. The monoisotopic (exact) mass is 201 g/mol. The number of hydrogen-bond acceptors (Lipinski definition) is 3. The summed E-state index contributed by atoms with van der Waals surface area (Å²) in [5.41, 5.74) is -0.424. The first kappa shape index (κ1) is 11.0. The third kappa shape index (κ3) is 2.45. The van der Waals surface area contributed by atoms with Crippen molar-refractivity contribution >= 4 is 11.9 Å². The summed E-state index contributed by atoms with van der Waals surface area (Å²) in [6.45, 7) is 4.34. The third-order valence-electron chi connectivity index (χ3n) is 2.62. The van der Waals surface area contributed by atoms with Gasteiger partial charge in [-0.15, -0.1) is 0 Å². The number of carbonyl (C=O) groups is 2. The summed E-state index contributed by atoms with van der Waals surface area (Å²) in [6, 6.07) is 0. The van der Waals surface area contributed by atoms with Crippen molar-refractivity contribution in [3.8, 4) is 0 Å². The van der Waals surface area contributed by atoms with Gasteiger partial charge >= 0.3 is 5.97 Å². The number of carbonyl (C=O) groups excluding carboxylic acids is 1. The first-order valence-corrected chi connectivity index (χ1v) is 4.58. The summed E-state index contributed by atoms with van der Waals surface area (Å²) in [5, 5.41) is 11.1. The molecule has 0 aliphatic carbocycles. The lowest BCUT2D eigenvalue weighted by Crippen LogP contribution is -2.51. The van der Waals surface area contributed by atoms with Crippen molar-refractivity contribution in [2.75, 3.05) is 6.61 Å². The number of hydrogen-bond donors (Lipinski definition) is 2. The van der Waals surface area contributed by atoms with Crippen molar-refractivity contribution in [3.63, 3.8) is 0 Å². The van der Waals surface area contributed by atoms with Gasteiger partial charge in [0.05, 0.1) is 11.6 Å². The standard InChI is InChI=1S/C9H15NO4/c1-6-9(2,3-4-14-6)10-7(11)5-8(12)13/h6H,3-5H2,1-2H3,(H,10,11)(H,12,13). The topological polar surface area (TPSA) is 75.6 Å². The quantitative estimate of drug-likeness (QED) is 0.637. The smallest absolute Gasteiger partial charge is 0.312 e. The fraction of sp³-hybridized carbons (Fsp3) is 0.778. The minimum Gasteiger partial charge on any atom is -0.481 e. The Morgan fingerprint density at radius 2 is 2.29 bits per heavy atom. The van der Waals surface area contributed by atoms with Crippen molar-refractivity contribution in [2.45, 2.75) is 38.3 Å². The van der Waals surface area contributed by atoms with Crippen molar-refractivity contribution in [1.29, 1.82) is 0 Å². The van der Waals surface area contributed by atoms with E-state index in [1.165, 1.54) is 0 Å². The Labute approximate surface area is 82.4 Å². The molecule has 2 N–H and O–H groups in total. The minimum absolute atomic E-state index is 0.0692. The van der Waals surface area contributed by atoms with Crippen LogP contribution < -0.4 is 5.32 Å². The number of nitrogens with one attached hydrogen (secondary N) is 1. The van der Waals surface area contributed by atoms with Gasteiger partial charge in [-0.3, -0.25) is 9.59 Å². The van der Waals surface area contributed by atoms with Crippen LogP contribution in [0.5, 0.6) is 0 Å². The number of amides is 1. The highest BCUT2D eigenvalue weighted by atomic mass is 16.5. The molecule has 0 spiro atoms. The summed E-state index contributed by atoms with van der Waals surface area (Å²) < 4.78 is 5.31. The summed E-state index contributed by atoms with van der Waals surface area (Å²) in [7, 11) is 0. The van der Waals surface area contributed by atoms with Crippen LogP contribution in [-0.4, -0.2) is 35.2 Å². The van der Waals surface area contributed by atoms with E-state index in [9.17, 15) is 9.59 Å². The third-order valence-corrected chi connectivity index (χ3v) is 2.62. The zero-order valence-electron chi connectivity index (χ0n) is 8.37. The highest BCUT2D eigenvalue weighted by molar-refractivity contribution is 5.93. The predicted octanol–water partition coefficient (Wildman–Crippen LogP) is 0.145. The van der Waals surface area contributed by atoms with E-state index in [1.807, 2.05) is 13.8 Å². The van der Waals surface area contributed by atoms with Gasteiger partial charge in [0, 0.05) is 6.61 Å². The fourth-order valence-electron chi connectivity index (χ4n) is 1.50. The van der Waals surface area contributed by atoms with Crippen LogP contribution >= 0.6 is 0 Å². The van der Waals surface area contributed by atoms with E-state index < -0.39 is 23.8 Å². The summed E-state index contributed by atoms with van der Waals surface area (Å²) in [6.07, 6.45) is 0.169. The van der Waals surface area contributed by atoms with Crippen LogP contribution in [-0.2, 0) is 14.3 Å². The Bertz CT molecular complexity index is 253. The molecule has 0 saturated carbocycles. The van der Waals surface area contributed by atoms with Gasteiger partial charge in [0.2, 0.25) is 5.91 Å². The lowest BCUT2D eigenvalue weighted by atomic mass is 9.94. The van der Waals surface area contributed by atoms with Crippen LogP contribution in [0.15, 0.2) is 0 Å². The molecule has 1 amide bonds. The molecule has 0 aromatic heterocycles. The molecule has 1 aliphatic rings. The molecule has 80 valence electrons. The first-order chi connectivity index (χ1) is 6.44. The zero-order valence-corrected chi connectivity index (χ0v) is 8.37. The van der Waals surface area contributed by atoms with Gasteiger partial charge in [-0.2, -0.15) is 0 Å². The van der Waals surface area contributed by atoms with Crippen LogP contribution in [0, 0.1) is 0 Å². The van der Waals surface area contributed by atoms with Crippen molar-refractivity contribution in [1.82, 2.24) is 5.32 Å². The van der Waals surface area contributed by atoms with E-state index in [0.29, 0.717) is 6.61 Å². The second-order valence-corrected chi connectivity index (χ2v) is 3.80. The highest BCUT2D eigenvalue weighted by Crippen LogP contribution is 2.24. The molecular weight excluding hydrogens is 186 g/mol. The SMILES string of the molecule is CC1OCCC1(C)NC(=O)CC(=O)O. The van der Waals surface area contributed by atoms with Gasteiger partial charge in [-0.1, -0.05) is 0 Å². The number of ether oxygens (including phenoxy) is 1. The van der Waals surface area contributed by atoms with Crippen LogP contribution in [0.2, 0.25) is 0 Å². The van der Waals surface area contributed by atoms with Crippen LogP contribution in [0.25, 0.3) is 0 Å². The number of aliphatic carboxylic acids is 1. The van der Waals surface area contributed by atoms with Gasteiger partial charge < -0.3 is 15.2 Å². The second-order valence-electron chi connectivity index (χ2n) is 3.80. The average Bonchev–Trinajstić information content (AvgIpc) is 2.29. The normalized spacial score (nSPS) is 31.4. The molecule has 0 aromatic rings. The molecule has 1 heterocycles. The molecule has 2 unspecified atom stereocenters. The van der Waals surface area contributed by atoms with Gasteiger partial charge in [-0.25, -0.2) is 0 Å². The zero-order chi connectivity index (χ0) is 10.8. The second kappa shape index (κ2) is 3.96. The maximum absolute atomic E-state index is 11.2. The van der Waals surface area contributed by atoms with Crippen molar-refractivity contribution < 1.29 is 19.4 Å². The van der Waals surface area contributed by atoms with E-state index in [1.54, 1.807) is 0 Å². The number of carboxylic acids is 1. The van der Waals surface area contributed by atoms with E-state index in [2.05, 4.69) is 5.32 Å². The van der Waals surface area contributed by atoms with Gasteiger partial charge in [0.25, 0.3) is 0 Å². The van der Waals surface area contributed by atoms with Crippen molar-refractivity contribution in [3.05, 3.63) is 0 Å². The predicted molar refractivity (Wildman–Crippen MR) is 48.8 cm³/mol. The fourth-order valence-corrected chi connectivity index (χ4v) is 1.50. The summed E-state index contributed by atoms with van der Waals surface area (Å²) >= 11 is 0. The van der Waals surface area contributed by atoms with Crippen LogP contribution in [0.3, 0.4) is 0 Å². The summed E-state index contributed by atoms with van der Waals surface area (Å²) in [5.74, 6) is -1.57. The molecule has 0 aromatic carbocycles. The van der Waals surface area contributed by atoms with Crippen LogP contribution in [0.1, 0.15) is 26.7 Å². The largest absolute Gasteiger partial charge is 0.481 e. The maximum atomic E-state index is 11.2. The van der Waals surface area contributed by atoms with E-state index in [0.717, 1.165) is 6.42 Å². The van der Waals surface area contributed by atoms with Gasteiger partial charge in [0.1, 0.15) is 6.42 Å². The van der Waals surface area contributed by atoms with Gasteiger partial charge in [0.15, 0.2) is 0 Å². The molecule has 14 heavy (non-hydrogen) atoms. The molecule has 0 bridgehead atoms. The first-order valence-electron chi connectivity index (χ1n) is 4.58. The van der Waals surface area contributed by atoms with Gasteiger partial charge in [-0.05, 0) is 20.3 Å². The molecule has 1 fully saturated rings. The molecular formula is C9H15NO4. The molecule has 1 rings (SSSR count). The Morgan fingerprint density at radius 1 is 1.64 bits per heavy atom. The van der Waals surface area contributed by atoms with Crippen LogP contribution in [0.4, 0.5) is 0 Å². The van der Waals surface area contributed by atoms with E-state index in [-0.39, 0.29) is 6.10 Å². The molecule has 1 saturated heterocycles. The Kier molecular flexibility index (Phi) is 3.10. The number of carboxylic acid groups (broad SMARTS) is 1. The molecule has 5 nitrogen and oxygen atoms in total. The summed E-state index contributed by atoms with van der Waals surface area (Å²) in [4.78, 5) is 21.5. The maximum Gasteiger partial charge on any atom is 0.312 e. The minimum atomic E-state index is -1.11. The van der Waals surface area contributed by atoms with Crippen molar-refractivity contribution in [2.24, 2.45) is 0 Å². The molecule has 1 aliphatic heterocycles. The molecule has 5 heteroatoms. The molecule has 0 radical (unpaired) electrons. The lowest BCUT2D eigenvalue weighted by Gasteiger charge is -2.28. The average molecular weight is 201 g/mol. The van der Waals surface area contributed by atoms with E-state index >= 15 is 0 Å². The lowest BCUT2D eigenvalue weighted by molar-refractivity contribution is -0.141. The Balaban J connectivity index is 2.50.